The van der Waals surface area contributed by atoms with Crippen molar-refractivity contribution >= 4 is 22.8 Å². The van der Waals surface area contributed by atoms with Gasteiger partial charge in [0.1, 0.15) is 17.6 Å². The molecule has 0 aliphatic carbocycles. The highest BCUT2D eigenvalue weighted by Gasteiger charge is 2.35. The van der Waals surface area contributed by atoms with Crippen LogP contribution >= 0.6 is 0 Å². The lowest BCUT2D eigenvalue weighted by Gasteiger charge is -2.28. The molecule has 0 aliphatic rings. The third-order valence-corrected chi connectivity index (χ3v) is 5.63. The van der Waals surface area contributed by atoms with Crippen LogP contribution in [0.3, 0.4) is 0 Å². The number of benzene rings is 2. The maximum Gasteiger partial charge on any atom is 0.328 e. The Balaban J connectivity index is 1.97. The van der Waals surface area contributed by atoms with Crippen LogP contribution in [0.1, 0.15) is 49.7 Å². The summed E-state index contributed by atoms with van der Waals surface area (Å²) in [6.07, 6.45) is 1.70. The number of rotatable bonds is 10. The Morgan fingerprint density at radius 1 is 1.14 bits per heavy atom. The fraction of sp³-hybridized carbons (Fsp3) is 0.423. The van der Waals surface area contributed by atoms with E-state index in [1.165, 1.54) is 19.2 Å². The van der Waals surface area contributed by atoms with Gasteiger partial charge in [0.2, 0.25) is 0 Å². The minimum absolute atomic E-state index is 0.176. The first-order valence-electron chi connectivity index (χ1n) is 11.6. The van der Waals surface area contributed by atoms with Crippen LogP contribution in [-0.2, 0) is 16.1 Å². The van der Waals surface area contributed by atoms with E-state index in [-0.39, 0.29) is 11.5 Å². The number of nitrogens with two attached hydrogens (primary N) is 1. The molecule has 0 aliphatic heterocycles. The zero-order valence-corrected chi connectivity index (χ0v) is 20.6. The van der Waals surface area contributed by atoms with Crippen molar-refractivity contribution in [1.82, 2.24) is 15.1 Å². The van der Waals surface area contributed by atoms with E-state index < -0.39 is 23.3 Å². The fourth-order valence-electron chi connectivity index (χ4n) is 3.68. The predicted molar refractivity (Wildman–Crippen MR) is 132 cm³/mol. The highest BCUT2D eigenvalue weighted by atomic mass is 19.1. The standard InChI is InChI=1S/C26H33FN4O4/c1-26(2,3)23(25(33)34-4)29-24(32)22-20-12-11-19(35-14-6-5-13-28)15-21(20)31(30-22)16-17-7-9-18(27)10-8-17/h7-12,15,23H,5-6,13-14,16,28H2,1-4H3,(H,29,32)/t23-/m1/s1. The molecule has 188 valence electrons. The first-order chi connectivity index (χ1) is 16.6. The summed E-state index contributed by atoms with van der Waals surface area (Å²) in [4.78, 5) is 25.6. The minimum Gasteiger partial charge on any atom is -0.494 e. The molecule has 3 aromatic rings. The predicted octanol–water partition coefficient (Wildman–Crippen LogP) is 3.66. The van der Waals surface area contributed by atoms with Crippen molar-refractivity contribution in [2.24, 2.45) is 11.1 Å². The molecule has 0 saturated carbocycles. The highest BCUT2D eigenvalue weighted by Crippen LogP contribution is 2.26. The Morgan fingerprint density at radius 2 is 1.86 bits per heavy atom. The number of nitrogens with zero attached hydrogens (tertiary/aromatic N) is 2. The number of esters is 1. The van der Waals surface area contributed by atoms with Crippen molar-refractivity contribution in [2.45, 2.75) is 46.2 Å². The largest absolute Gasteiger partial charge is 0.494 e. The van der Waals surface area contributed by atoms with Crippen molar-refractivity contribution < 1.29 is 23.5 Å². The van der Waals surface area contributed by atoms with Gasteiger partial charge in [-0.1, -0.05) is 32.9 Å². The number of fused-ring (bicyclic) bond motifs is 1. The topological polar surface area (TPSA) is 108 Å². The quantitative estimate of drug-likeness (QED) is 0.336. The molecule has 1 amide bonds. The second-order valence-electron chi connectivity index (χ2n) is 9.45. The Labute approximate surface area is 204 Å². The molecule has 1 atom stereocenters. The van der Waals surface area contributed by atoms with Crippen LogP contribution in [0, 0.1) is 11.2 Å². The van der Waals surface area contributed by atoms with Crippen molar-refractivity contribution in [3.05, 3.63) is 59.5 Å². The lowest BCUT2D eigenvalue weighted by molar-refractivity contribution is -0.145. The average Bonchev–Trinajstić information content (AvgIpc) is 3.18. The van der Waals surface area contributed by atoms with Crippen LogP contribution in [0.25, 0.3) is 10.9 Å². The van der Waals surface area contributed by atoms with Crippen LogP contribution < -0.4 is 15.8 Å². The van der Waals surface area contributed by atoms with Crippen LogP contribution in [-0.4, -0.2) is 48.0 Å². The van der Waals surface area contributed by atoms with Crippen LogP contribution in [0.2, 0.25) is 0 Å². The number of amides is 1. The van der Waals surface area contributed by atoms with Crippen molar-refractivity contribution in [2.75, 3.05) is 20.3 Å². The molecule has 0 fully saturated rings. The second-order valence-corrected chi connectivity index (χ2v) is 9.45. The summed E-state index contributed by atoms with van der Waals surface area (Å²) < 4.78 is 25.8. The van der Waals surface area contributed by atoms with E-state index >= 15 is 0 Å². The first-order valence-corrected chi connectivity index (χ1v) is 11.6. The van der Waals surface area contributed by atoms with Gasteiger partial charge in [0.15, 0.2) is 5.69 Å². The number of hydrogen-bond donors (Lipinski definition) is 2. The summed E-state index contributed by atoms with van der Waals surface area (Å²) >= 11 is 0. The number of methoxy groups -OCH3 is 1. The van der Waals surface area contributed by atoms with E-state index in [0.717, 1.165) is 18.4 Å². The number of ether oxygens (including phenoxy) is 2. The molecule has 8 nitrogen and oxygen atoms in total. The number of carbonyl (C=O) groups excluding carboxylic acids is 2. The molecular formula is C26H33FN4O4. The molecule has 0 spiro atoms. The molecular weight excluding hydrogens is 451 g/mol. The molecule has 9 heteroatoms. The zero-order chi connectivity index (χ0) is 25.6. The monoisotopic (exact) mass is 484 g/mol. The lowest BCUT2D eigenvalue weighted by Crippen LogP contribution is -2.49. The highest BCUT2D eigenvalue weighted by molar-refractivity contribution is 6.06. The van der Waals surface area contributed by atoms with Gasteiger partial charge in [-0.2, -0.15) is 5.10 Å². The molecule has 35 heavy (non-hydrogen) atoms. The average molecular weight is 485 g/mol. The molecule has 3 rings (SSSR count). The maximum absolute atomic E-state index is 13.4. The van der Waals surface area contributed by atoms with Crippen molar-refractivity contribution in [3.8, 4) is 5.75 Å². The van der Waals surface area contributed by atoms with E-state index in [1.54, 1.807) is 28.9 Å². The Hall–Kier alpha value is -3.46. The van der Waals surface area contributed by atoms with Gasteiger partial charge in [-0.25, -0.2) is 9.18 Å². The molecule has 3 N–H and O–H groups in total. The number of halogens is 1. The van der Waals surface area contributed by atoms with Crippen LogP contribution in [0.5, 0.6) is 5.75 Å². The summed E-state index contributed by atoms with van der Waals surface area (Å²) in [5.41, 5.74) is 6.65. The summed E-state index contributed by atoms with van der Waals surface area (Å²) in [7, 11) is 1.29. The van der Waals surface area contributed by atoms with Gasteiger partial charge in [0, 0.05) is 11.5 Å². The molecule has 1 heterocycles. The summed E-state index contributed by atoms with van der Waals surface area (Å²) in [6.45, 7) is 6.97. The molecule has 0 saturated heterocycles. The normalized spacial score (nSPS) is 12.4. The van der Waals surface area contributed by atoms with E-state index in [0.29, 0.717) is 36.3 Å². The number of aromatic nitrogens is 2. The van der Waals surface area contributed by atoms with E-state index in [4.69, 9.17) is 15.2 Å². The second kappa shape index (κ2) is 11.3. The number of unbranched alkanes of at least 4 members (excludes halogenated alkanes) is 1. The SMILES string of the molecule is COC(=O)[C@@H](NC(=O)c1nn(Cc2ccc(F)cc2)c2cc(OCCCCN)ccc12)C(C)(C)C. The molecule has 0 radical (unpaired) electrons. The summed E-state index contributed by atoms with van der Waals surface area (Å²) in [5, 5.41) is 7.95. The van der Waals surface area contributed by atoms with Crippen molar-refractivity contribution in [3.63, 3.8) is 0 Å². The third-order valence-electron chi connectivity index (χ3n) is 5.63. The third kappa shape index (κ3) is 6.57. The van der Waals surface area contributed by atoms with Gasteiger partial charge >= 0.3 is 5.97 Å². The van der Waals surface area contributed by atoms with Crippen LogP contribution in [0.15, 0.2) is 42.5 Å². The first kappa shape index (κ1) is 26.2. The van der Waals surface area contributed by atoms with Gasteiger partial charge in [-0.15, -0.1) is 0 Å². The van der Waals surface area contributed by atoms with E-state index in [2.05, 4.69) is 10.4 Å². The summed E-state index contributed by atoms with van der Waals surface area (Å²) in [6, 6.07) is 10.6. The summed E-state index contributed by atoms with van der Waals surface area (Å²) in [5.74, 6) is -0.712. The van der Waals surface area contributed by atoms with E-state index in [9.17, 15) is 14.0 Å². The van der Waals surface area contributed by atoms with Gasteiger partial charge in [-0.3, -0.25) is 9.48 Å². The number of nitrogens with one attached hydrogen (secondary N) is 1. The Morgan fingerprint density at radius 3 is 2.49 bits per heavy atom. The molecule has 1 aromatic heterocycles. The van der Waals surface area contributed by atoms with E-state index in [1.807, 2.05) is 26.8 Å². The van der Waals surface area contributed by atoms with Gasteiger partial charge in [0.25, 0.3) is 5.91 Å². The molecule has 0 unspecified atom stereocenters. The van der Waals surface area contributed by atoms with Crippen LogP contribution in [0.4, 0.5) is 4.39 Å². The molecule has 2 aromatic carbocycles. The van der Waals surface area contributed by atoms with Gasteiger partial charge in [-0.05, 0) is 54.6 Å². The number of carbonyl (C=O) groups is 2. The van der Waals surface area contributed by atoms with Gasteiger partial charge in [0.05, 0.1) is 25.8 Å². The number of hydrogen-bond acceptors (Lipinski definition) is 6. The smallest absolute Gasteiger partial charge is 0.328 e. The maximum atomic E-state index is 13.4. The Bertz CT molecular complexity index is 1170. The van der Waals surface area contributed by atoms with Crippen molar-refractivity contribution in [1.29, 1.82) is 0 Å². The fourth-order valence-corrected chi connectivity index (χ4v) is 3.68. The lowest BCUT2D eigenvalue weighted by atomic mass is 9.86. The van der Waals surface area contributed by atoms with Gasteiger partial charge < -0.3 is 20.5 Å². The minimum atomic E-state index is -0.859. The Kier molecular flexibility index (Phi) is 8.45. The zero-order valence-electron chi connectivity index (χ0n) is 20.6. The molecule has 0 bridgehead atoms.